The smallest absolute Gasteiger partial charge is 0.407 e. The van der Waals surface area contributed by atoms with Crippen LogP contribution in [0.2, 0.25) is 0 Å². The van der Waals surface area contributed by atoms with E-state index < -0.39 is 11.7 Å². The maximum atomic E-state index is 11.4. The average Bonchev–Trinajstić information content (AvgIpc) is 2.42. The Bertz CT molecular complexity index is 302. The summed E-state index contributed by atoms with van der Waals surface area (Å²) in [5.74, 6) is 0.0935. The summed E-state index contributed by atoms with van der Waals surface area (Å²) >= 11 is 4.26. The number of rotatable bonds is 3. The number of hydrogen-bond acceptors (Lipinski definition) is 4. The molecule has 98 valence electrons. The number of ether oxygens (including phenoxy) is 1. The average molecular weight is 260 g/mol. The summed E-state index contributed by atoms with van der Waals surface area (Å²) in [5.41, 5.74) is -0.496. The summed E-state index contributed by atoms with van der Waals surface area (Å²) in [7, 11) is 0. The second kappa shape index (κ2) is 5.62. The molecule has 0 aromatic heterocycles. The topological polar surface area (TPSA) is 58.6 Å². The van der Waals surface area contributed by atoms with Gasteiger partial charge >= 0.3 is 6.09 Å². The predicted octanol–water partition coefficient (Wildman–Crippen LogP) is 1.04. The lowest BCUT2D eigenvalue weighted by molar-refractivity contribution is -0.127. The SMILES string of the molecule is CC(C)(C)OC(=O)NCCN1CC(S)CC1=O. The fraction of sp³-hybridized carbons (Fsp3) is 0.818. The van der Waals surface area contributed by atoms with Gasteiger partial charge in [-0.25, -0.2) is 4.79 Å². The Morgan fingerprint density at radius 2 is 2.24 bits per heavy atom. The van der Waals surface area contributed by atoms with E-state index in [0.29, 0.717) is 26.1 Å². The van der Waals surface area contributed by atoms with Crippen LogP contribution in [0.15, 0.2) is 0 Å². The Labute approximate surface area is 107 Å². The van der Waals surface area contributed by atoms with Crippen molar-refractivity contribution in [2.24, 2.45) is 0 Å². The molecule has 0 saturated carbocycles. The number of hydrogen-bond donors (Lipinski definition) is 2. The van der Waals surface area contributed by atoms with Crippen molar-refractivity contribution in [3.8, 4) is 0 Å². The number of likely N-dealkylation sites (tertiary alicyclic amines) is 1. The van der Waals surface area contributed by atoms with Crippen LogP contribution in [-0.2, 0) is 9.53 Å². The Morgan fingerprint density at radius 3 is 2.71 bits per heavy atom. The normalized spacial score (nSPS) is 20.6. The molecule has 6 heteroatoms. The van der Waals surface area contributed by atoms with Crippen LogP contribution in [-0.4, -0.2) is 47.4 Å². The Kier molecular flexibility index (Phi) is 4.68. The second-order valence-corrected chi connectivity index (χ2v) is 5.86. The van der Waals surface area contributed by atoms with Gasteiger partial charge in [-0.15, -0.1) is 0 Å². The molecule has 1 unspecified atom stereocenters. The minimum absolute atomic E-state index is 0.0935. The minimum Gasteiger partial charge on any atom is -0.444 e. The molecule has 1 aliphatic heterocycles. The lowest BCUT2D eigenvalue weighted by Gasteiger charge is -2.21. The quantitative estimate of drug-likeness (QED) is 0.746. The Balaban J connectivity index is 2.20. The molecule has 0 radical (unpaired) electrons. The highest BCUT2D eigenvalue weighted by atomic mass is 32.1. The molecule has 2 amide bonds. The van der Waals surface area contributed by atoms with Crippen LogP contribution in [0.3, 0.4) is 0 Å². The van der Waals surface area contributed by atoms with Gasteiger partial charge in [-0.1, -0.05) is 0 Å². The summed E-state index contributed by atoms with van der Waals surface area (Å²) in [6.45, 7) is 6.99. The van der Waals surface area contributed by atoms with E-state index in [9.17, 15) is 9.59 Å². The van der Waals surface area contributed by atoms with Crippen molar-refractivity contribution in [2.75, 3.05) is 19.6 Å². The van der Waals surface area contributed by atoms with E-state index in [-0.39, 0.29) is 11.2 Å². The first-order valence-electron chi connectivity index (χ1n) is 5.70. The van der Waals surface area contributed by atoms with E-state index in [1.165, 1.54) is 0 Å². The molecule has 0 bridgehead atoms. The zero-order valence-electron chi connectivity index (χ0n) is 10.5. The van der Waals surface area contributed by atoms with E-state index in [1.807, 2.05) is 20.8 Å². The maximum absolute atomic E-state index is 11.4. The van der Waals surface area contributed by atoms with E-state index >= 15 is 0 Å². The van der Waals surface area contributed by atoms with Gasteiger partial charge in [0.15, 0.2) is 0 Å². The highest BCUT2D eigenvalue weighted by Crippen LogP contribution is 2.14. The van der Waals surface area contributed by atoms with Crippen LogP contribution < -0.4 is 5.32 Å². The van der Waals surface area contributed by atoms with E-state index in [1.54, 1.807) is 4.90 Å². The number of amides is 2. The number of thiol groups is 1. The fourth-order valence-electron chi connectivity index (χ4n) is 1.57. The molecule has 0 aromatic rings. The highest BCUT2D eigenvalue weighted by molar-refractivity contribution is 7.81. The lowest BCUT2D eigenvalue weighted by atomic mass is 10.2. The summed E-state index contributed by atoms with van der Waals surface area (Å²) in [6, 6.07) is 0. The largest absolute Gasteiger partial charge is 0.444 e. The summed E-state index contributed by atoms with van der Waals surface area (Å²) in [6.07, 6.45) is 0.0294. The predicted molar refractivity (Wildman–Crippen MR) is 68.2 cm³/mol. The van der Waals surface area contributed by atoms with Gasteiger partial charge in [0.2, 0.25) is 5.91 Å². The third kappa shape index (κ3) is 5.30. The molecule has 0 spiro atoms. The van der Waals surface area contributed by atoms with Gasteiger partial charge in [0, 0.05) is 31.3 Å². The van der Waals surface area contributed by atoms with Crippen molar-refractivity contribution in [3.63, 3.8) is 0 Å². The Morgan fingerprint density at radius 1 is 1.59 bits per heavy atom. The van der Waals surface area contributed by atoms with Crippen LogP contribution in [0.25, 0.3) is 0 Å². The molecule has 1 aliphatic rings. The zero-order chi connectivity index (χ0) is 13.1. The maximum Gasteiger partial charge on any atom is 0.407 e. The van der Waals surface area contributed by atoms with Gasteiger partial charge in [-0.2, -0.15) is 12.6 Å². The molecule has 0 aliphatic carbocycles. The van der Waals surface area contributed by atoms with Gasteiger partial charge in [0.1, 0.15) is 5.60 Å². The van der Waals surface area contributed by atoms with Gasteiger partial charge in [0.25, 0.3) is 0 Å². The minimum atomic E-state index is -0.496. The van der Waals surface area contributed by atoms with Gasteiger partial charge in [-0.05, 0) is 20.8 Å². The van der Waals surface area contributed by atoms with Gasteiger partial charge in [-0.3, -0.25) is 4.79 Å². The highest BCUT2D eigenvalue weighted by Gasteiger charge is 2.26. The third-order valence-electron chi connectivity index (χ3n) is 2.24. The molecular weight excluding hydrogens is 240 g/mol. The molecular formula is C11H20N2O3S. The molecule has 1 rings (SSSR count). The molecule has 17 heavy (non-hydrogen) atoms. The van der Waals surface area contributed by atoms with Crippen LogP contribution >= 0.6 is 12.6 Å². The first-order valence-corrected chi connectivity index (χ1v) is 6.22. The number of carbonyl (C=O) groups is 2. The van der Waals surface area contributed by atoms with E-state index in [2.05, 4.69) is 17.9 Å². The fourth-order valence-corrected chi connectivity index (χ4v) is 1.93. The van der Waals surface area contributed by atoms with E-state index in [0.717, 1.165) is 0 Å². The number of nitrogens with one attached hydrogen (secondary N) is 1. The van der Waals surface area contributed by atoms with Gasteiger partial charge < -0.3 is 15.0 Å². The van der Waals surface area contributed by atoms with Gasteiger partial charge in [0.05, 0.1) is 0 Å². The van der Waals surface area contributed by atoms with Crippen LogP contribution in [0.1, 0.15) is 27.2 Å². The molecule has 1 fully saturated rings. The van der Waals surface area contributed by atoms with Crippen molar-refractivity contribution in [1.29, 1.82) is 0 Å². The van der Waals surface area contributed by atoms with E-state index in [4.69, 9.17) is 4.74 Å². The second-order valence-electron chi connectivity index (χ2n) is 5.13. The Hall–Kier alpha value is -0.910. The standard InChI is InChI=1S/C11H20N2O3S/c1-11(2,3)16-10(15)12-4-5-13-7-8(17)6-9(13)14/h8,17H,4-7H2,1-3H3,(H,12,15). The monoisotopic (exact) mass is 260 g/mol. The van der Waals surface area contributed by atoms with Crippen LogP contribution in [0.5, 0.6) is 0 Å². The summed E-state index contributed by atoms with van der Waals surface area (Å²) < 4.78 is 5.08. The first-order chi connectivity index (χ1) is 7.78. The number of alkyl carbamates (subject to hydrolysis) is 1. The zero-order valence-corrected chi connectivity index (χ0v) is 11.4. The van der Waals surface area contributed by atoms with Crippen molar-refractivity contribution in [2.45, 2.75) is 38.0 Å². The van der Waals surface area contributed by atoms with Crippen molar-refractivity contribution < 1.29 is 14.3 Å². The van der Waals surface area contributed by atoms with Crippen molar-refractivity contribution in [1.82, 2.24) is 10.2 Å². The summed E-state index contributed by atoms with van der Waals surface area (Å²) in [5, 5.41) is 2.74. The summed E-state index contributed by atoms with van der Waals surface area (Å²) in [4.78, 5) is 24.5. The third-order valence-corrected chi connectivity index (χ3v) is 2.59. The molecule has 5 nitrogen and oxygen atoms in total. The first kappa shape index (κ1) is 14.2. The van der Waals surface area contributed by atoms with Crippen molar-refractivity contribution in [3.05, 3.63) is 0 Å². The molecule has 1 heterocycles. The number of carbonyl (C=O) groups excluding carboxylic acids is 2. The molecule has 1 N–H and O–H groups in total. The molecule has 0 aromatic carbocycles. The molecule has 1 atom stereocenters. The van der Waals surface area contributed by atoms with Crippen LogP contribution in [0, 0.1) is 0 Å². The lowest BCUT2D eigenvalue weighted by Crippen LogP contribution is -2.38. The molecule has 1 saturated heterocycles. The number of nitrogens with zero attached hydrogens (tertiary/aromatic N) is 1. The van der Waals surface area contributed by atoms with Crippen LogP contribution in [0.4, 0.5) is 4.79 Å². The van der Waals surface area contributed by atoms with Crippen molar-refractivity contribution >= 4 is 24.6 Å².